The predicted molar refractivity (Wildman–Crippen MR) is 112 cm³/mol. The van der Waals surface area contributed by atoms with Gasteiger partial charge in [0.05, 0.1) is 28.9 Å². The topological polar surface area (TPSA) is 87.7 Å². The largest absolute Gasteiger partial charge is 0.492 e. The van der Waals surface area contributed by atoms with E-state index in [2.05, 4.69) is 10.6 Å². The van der Waals surface area contributed by atoms with Crippen molar-refractivity contribution in [3.63, 3.8) is 0 Å². The molecule has 0 radical (unpaired) electrons. The number of hydrogen-bond acceptors (Lipinski definition) is 4. The Bertz CT molecular complexity index is 947. The second-order valence-electron chi connectivity index (χ2n) is 6.67. The van der Waals surface area contributed by atoms with Crippen molar-refractivity contribution in [2.24, 2.45) is 5.92 Å². The zero-order valence-electron chi connectivity index (χ0n) is 16.2. The highest BCUT2D eigenvalue weighted by Crippen LogP contribution is 2.34. The summed E-state index contributed by atoms with van der Waals surface area (Å²) in [5.41, 5.74) is 1.62. The number of para-hydroxylation sites is 2. The standard InChI is InChI=1S/C21H22ClN3O4/c1-3-29-19-7-5-4-6-18(19)25-12-14(10-20(25)27)21(28)24-17-9-8-15(11-16(17)22)23-13(2)26/h4-9,11,14H,3,10,12H2,1-2H3,(H,23,26)(H,24,28). The quantitative estimate of drug-likeness (QED) is 0.753. The third-order valence-corrected chi connectivity index (χ3v) is 4.81. The number of hydrogen-bond donors (Lipinski definition) is 2. The summed E-state index contributed by atoms with van der Waals surface area (Å²) in [5, 5.41) is 5.70. The van der Waals surface area contributed by atoms with E-state index in [-0.39, 0.29) is 30.7 Å². The van der Waals surface area contributed by atoms with Crippen LogP contribution in [0.25, 0.3) is 0 Å². The lowest BCUT2D eigenvalue weighted by Crippen LogP contribution is -2.28. The summed E-state index contributed by atoms with van der Waals surface area (Å²) in [6, 6.07) is 12.1. The van der Waals surface area contributed by atoms with Gasteiger partial charge < -0.3 is 20.3 Å². The lowest BCUT2D eigenvalue weighted by molar-refractivity contribution is -0.122. The lowest BCUT2D eigenvalue weighted by Gasteiger charge is -2.20. The van der Waals surface area contributed by atoms with Gasteiger partial charge in [-0.15, -0.1) is 0 Å². The van der Waals surface area contributed by atoms with Gasteiger partial charge in [0.1, 0.15) is 5.75 Å². The van der Waals surface area contributed by atoms with Crippen LogP contribution in [0.15, 0.2) is 42.5 Å². The Morgan fingerprint density at radius 1 is 1.21 bits per heavy atom. The Hall–Kier alpha value is -3.06. The molecule has 1 fully saturated rings. The molecule has 152 valence electrons. The normalized spacial score (nSPS) is 15.9. The Morgan fingerprint density at radius 2 is 1.97 bits per heavy atom. The highest BCUT2D eigenvalue weighted by Gasteiger charge is 2.36. The number of halogens is 1. The summed E-state index contributed by atoms with van der Waals surface area (Å²) < 4.78 is 5.60. The van der Waals surface area contributed by atoms with Crippen molar-refractivity contribution >= 4 is 46.4 Å². The minimum atomic E-state index is -0.511. The van der Waals surface area contributed by atoms with Crippen LogP contribution < -0.4 is 20.3 Å². The van der Waals surface area contributed by atoms with E-state index in [9.17, 15) is 14.4 Å². The molecule has 1 atom stereocenters. The molecule has 2 aromatic rings. The number of benzene rings is 2. The number of anilines is 3. The summed E-state index contributed by atoms with van der Waals surface area (Å²) in [7, 11) is 0. The molecule has 8 heteroatoms. The molecule has 2 N–H and O–H groups in total. The van der Waals surface area contributed by atoms with E-state index in [1.54, 1.807) is 35.2 Å². The first-order chi connectivity index (χ1) is 13.9. The maximum Gasteiger partial charge on any atom is 0.229 e. The van der Waals surface area contributed by atoms with Crippen LogP contribution in [0.4, 0.5) is 17.1 Å². The smallest absolute Gasteiger partial charge is 0.229 e. The second kappa shape index (κ2) is 8.96. The first kappa shape index (κ1) is 20.7. The van der Waals surface area contributed by atoms with E-state index in [1.807, 2.05) is 19.1 Å². The van der Waals surface area contributed by atoms with E-state index in [1.165, 1.54) is 6.92 Å². The fourth-order valence-corrected chi connectivity index (χ4v) is 3.43. The molecule has 0 aromatic heterocycles. The Kier molecular flexibility index (Phi) is 6.39. The zero-order chi connectivity index (χ0) is 21.0. The highest BCUT2D eigenvalue weighted by atomic mass is 35.5. The third kappa shape index (κ3) is 4.86. The average molecular weight is 416 g/mol. The summed E-state index contributed by atoms with van der Waals surface area (Å²) in [6.45, 7) is 4.02. The summed E-state index contributed by atoms with van der Waals surface area (Å²) >= 11 is 6.21. The molecule has 3 amide bonds. The number of rotatable bonds is 6. The molecule has 29 heavy (non-hydrogen) atoms. The minimum Gasteiger partial charge on any atom is -0.492 e. The van der Waals surface area contributed by atoms with Gasteiger partial charge in [-0.3, -0.25) is 14.4 Å². The van der Waals surface area contributed by atoms with Crippen LogP contribution in [0.2, 0.25) is 5.02 Å². The summed E-state index contributed by atoms with van der Waals surface area (Å²) in [4.78, 5) is 38.0. The number of nitrogens with zero attached hydrogens (tertiary/aromatic N) is 1. The molecule has 7 nitrogen and oxygen atoms in total. The average Bonchev–Trinajstić information content (AvgIpc) is 3.06. The van der Waals surface area contributed by atoms with Gasteiger partial charge in [0.25, 0.3) is 0 Å². The van der Waals surface area contributed by atoms with E-state index in [0.717, 1.165) is 0 Å². The summed E-state index contributed by atoms with van der Waals surface area (Å²) in [6.07, 6.45) is 0.105. The lowest BCUT2D eigenvalue weighted by atomic mass is 10.1. The van der Waals surface area contributed by atoms with Crippen molar-refractivity contribution in [2.45, 2.75) is 20.3 Å². The van der Waals surface area contributed by atoms with Crippen molar-refractivity contribution in [1.82, 2.24) is 0 Å². The molecular weight excluding hydrogens is 394 g/mol. The molecule has 3 rings (SSSR count). The van der Waals surface area contributed by atoms with Gasteiger partial charge in [0.15, 0.2) is 0 Å². The maximum atomic E-state index is 12.7. The molecule has 1 unspecified atom stereocenters. The molecule has 0 bridgehead atoms. The van der Waals surface area contributed by atoms with Crippen molar-refractivity contribution in [3.05, 3.63) is 47.5 Å². The van der Waals surface area contributed by atoms with Crippen molar-refractivity contribution < 1.29 is 19.1 Å². The molecular formula is C21H22ClN3O4. The molecule has 0 spiro atoms. The fraction of sp³-hybridized carbons (Fsp3) is 0.286. The van der Waals surface area contributed by atoms with Crippen molar-refractivity contribution in [2.75, 3.05) is 28.7 Å². The van der Waals surface area contributed by atoms with Crippen LogP contribution in [-0.2, 0) is 14.4 Å². The van der Waals surface area contributed by atoms with Crippen molar-refractivity contribution in [3.8, 4) is 5.75 Å². The monoisotopic (exact) mass is 415 g/mol. The van der Waals surface area contributed by atoms with E-state index in [4.69, 9.17) is 16.3 Å². The van der Waals surface area contributed by atoms with Gasteiger partial charge in [-0.2, -0.15) is 0 Å². The van der Waals surface area contributed by atoms with Gasteiger partial charge >= 0.3 is 0 Å². The van der Waals surface area contributed by atoms with Crippen LogP contribution in [-0.4, -0.2) is 30.9 Å². The number of ether oxygens (including phenoxy) is 1. The third-order valence-electron chi connectivity index (χ3n) is 4.50. The summed E-state index contributed by atoms with van der Waals surface area (Å²) in [5.74, 6) is -0.535. The van der Waals surface area contributed by atoms with Gasteiger partial charge in [-0.1, -0.05) is 23.7 Å². The van der Waals surface area contributed by atoms with E-state index in [0.29, 0.717) is 34.4 Å². The van der Waals surface area contributed by atoms with Crippen LogP contribution in [0, 0.1) is 5.92 Å². The Balaban J connectivity index is 1.70. The van der Waals surface area contributed by atoms with Gasteiger partial charge in [-0.25, -0.2) is 0 Å². The molecule has 2 aromatic carbocycles. The number of carbonyl (C=O) groups is 3. The zero-order valence-corrected chi connectivity index (χ0v) is 17.0. The van der Waals surface area contributed by atoms with Gasteiger partial charge in [0.2, 0.25) is 17.7 Å². The first-order valence-electron chi connectivity index (χ1n) is 9.29. The minimum absolute atomic E-state index is 0.105. The number of nitrogens with one attached hydrogen (secondary N) is 2. The van der Waals surface area contributed by atoms with E-state index < -0.39 is 5.92 Å². The van der Waals surface area contributed by atoms with Crippen LogP contribution in [0.1, 0.15) is 20.3 Å². The molecule has 0 aliphatic carbocycles. The van der Waals surface area contributed by atoms with Crippen molar-refractivity contribution in [1.29, 1.82) is 0 Å². The SMILES string of the molecule is CCOc1ccccc1N1CC(C(=O)Nc2ccc(NC(C)=O)cc2Cl)CC1=O. The van der Waals surface area contributed by atoms with Gasteiger partial charge in [-0.05, 0) is 37.3 Å². The van der Waals surface area contributed by atoms with Gasteiger partial charge in [0, 0.05) is 25.6 Å². The van der Waals surface area contributed by atoms with Crippen LogP contribution >= 0.6 is 11.6 Å². The molecule has 0 saturated carbocycles. The molecule has 1 aliphatic heterocycles. The number of amides is 3. The molecule has 1 saturated heterocycles. The van der Waals surface area contributed by atoms with Crippen LogP contribution in [0.3, 0.4) is 0 Å². The Labute approximate surface area is 174 Å². The molecule has 1 aliphatic rings. The fourth-order valence-electron chi connectivity index (χ4n) is 3.21. The highest BCUT2D eigenvalue weighted by molar-refractivity contribution is 6.34. The number of carbonyl (C=O) groups excluding carboxylic acids is 3. The Morgan fingerprint density at radius 3 is 2.66 bits per heavy atom. The van der Waals surface area contributed by atoms with E-state index >= 15 is 0 Å². The molecule has 1 heterocycles. The first-order valence-corrected chi connectivity index (χ1v) is 9.67. The van der Waals surface area contributed by atoms with Crippen LogP contribution in [0.5, 0.6) is 5.75 Å². The predicted octanol–water partition coefficient (Wildman–Crippen LogP) is 3.69. The maximum absolute atomic E-state index is 12.7. The second-order valence-corrected chi connectivity index (χ2v) is 7.08.